The highest BCUT2D eigenvalue weighted by Gasteiger charge is 2.18. The molecule has 0 fully saturated rings. The number of carbonyl (C=O) groups is 2. The molecule has 1 N–H and O–H groups in total. The molecule has 1 atom stereocenters. The number of aliphatic carboxylic acids is 1. The summed E-state index contributed by atoms with van der Waals surface area (Å²) < 4.78 is 14.5. The predicted octanol–water partition coefficient (Wildman–Crippen LogP) is 1.55. The van der Waals surface area contributed by atoms with Gasteiger partial charge in [-0.15, -0.1) is 0 Å². The average molecular weight is 260 g/mol. The molecular weight excluding hydrogens is 240 g/mol. The molecule has 1 unspecified atom stereocenters. The summed E-state index contributed by atoms with van der Waals surface area (Å²) in [6.07, 6.45) is 2.53. The first-order valence-corrected chi connectivity index (χ1v) is 5.80. The molecule has 0 aromatic heterocycles. The fraction of sp³-hybridized carbons (Fsp3) is 0.667. The van der Waals surface area contributed by atoms with Gasteiger partial charge in [-0.1, -0.05) is 19.9 Å². The molecule has 0 aromatic rings. The Bertz CT molecular complexity index is 263. The molecule has 0 spiro atoms. The predicted molar refractivity (Wildman–Crippen MR) is 63.7 cm³/mol. The minimum Gasteiger partial charge on any atom is -0.481 e. The molecule has 0 saturated heterocycles. The van der Waals surface area contributed by atoms with Gasteiger partial charge in [0.1, 0.15) is 6.61 Å². The smallest absolute Gasteiger partial charge is 0.309 e. The maximum atomic E-state index is 11.3. The van der Waals surface area contributed by atoms with Crippen LogP contribution in [0.25, 0.3) is 0 Å². The Balaban J connectivity index is 3.67. The van der Waals surface area contributed by atoms with Gasteiger partial charge in [0.2, 0.25) is 0 Å². The van der Waals surface area contributed by atoms with Gasteiger partial charge in [-0.05, 0) is 6.42 Å². The highest BCUT2D eigenvalue weighted by molar-refractivity contribution is 5.72. The lowest BCUT2D eigenvalue weighted by Crippen LogP contribution is -2.22. The van der Waals surface area contributed by atoms with E-state index in [1.54, 1.807) is 0 Å². The van der Waals surface area contributed by atoms with Crippen LogP contribution in [0.15, 0.2) is 12.8 Å². The maximum absolute atomic E-state index is 11.3. The third-order valence-corrected chi connectivity index (χ3v) is 2.15. The largest absolute Gasteiger partial charge is 0.481 e. The van der Waals surface area contributed by atoms with Crippen LogP contribution in [0.5, 0.6) is 0 Å². The molecule has 0 aromatic carbocycles. The first-order chi connectivity index (χ1) is 8.61. The van der Waals surface area contributed by atoms with Crippen LogP contribution in [0.1, 0.15) is 26.2 Å². The number of esters is 1. The Morgan fingerprint density at radius 2 is 2.17 bits per heavy atom. The summed E-state index contributed by atoms with van der Waals surface area (Å²) in [5.41, 5.74) is 0. The lowest BCUT2D eigenvalue weighted by atomic mass is 10.1. The van der Waals surface area contributed by atoms with E-state index in [0.29, 0.717) is 6.42 Å². The van der Waals surface area contributed by atoms with Crippen molar-refractivity contribution < 1.29 is 28.9 Å². The van der Waals surface area contributed by atoms with Crippen LogP contribution in [-0.2, 0) is 23.8 Å². The van der Waals surface area contributed by atoms with Gasteiger partial charge in [-0.25, -0.2) is 0 Å². The highest BCUT2D eigenvalue weighted by atomic mass is 16.7. The molecule has 0 aliphatic heterocycles. The molecule has 18 heavy (non-hydrogen) atoms. The fourth-order valence-corrected chi connectivity index (χ4v) is 1.20. The Hall–Kier alpha value is -1.56. The van der Waals surface area contributed by atoms with Crippen molar-refractivity contribution in [3.05, 3.63) is 12.8 Å². The third kappa shape index (κ3) is 8.58. The topological polar surface area (TPSA) is 82.1 Å². The van der Waals surface area contributed by atoms with Crippen LogP contribution in [0.3, 0.4) is 0 Å². The Morgan fingerprint density at radius 3 is 2.72 bits per heavy atom. The van der Waals surface area contributed by atoms with Gasteiger partial charge in [0.05, 0.1) is 25.2 Å². The van der Waals surface area contributed by atoms with E-state index in [1.807, 2.05) is 6.92 Å². The number of ether oxygens (including phenoxy) is 3. The van der Waals surface area contributed by atoms with Crippen LogP contribution in [-0.4, -0.2) is 37.1 Å². The minimum absolute atomic E-state index is 0.0321. The number of carbonyl (C=O) groups excluding carboxylic acids is 1. The summed E-state index contributed by atoms with van der Waals surface area (Å²) >= 11 is 0. The fourth-order valence-electron chi connectivity index (χ4n) is 1.20. The zero-order chi connectivity index (χ0) is 13.8. The molecule has 0 rings (SSSR count). The second-order valence-corrected chi connectivity index (χ2v) is 3.62. The number of hydrogen-bond acceptors (Lipinski definition) is 5. The van der Waals surface area contributed by atoms with Crippen molar-refractivity contribution in [2.24, 2.45) is 5.92 Å². The van der Waals surface area contributed by atoms with E-state index in [2.05, 4.69) is 11.3 Å². The first kappa shape index (κ1) is 16.4. The van der Waals surface area contributed by atoms with Crippen molar-refractivity contribution in [3.8, 4) is 0 Å². The van der Waals surface area contributed by atoms with Gasteiger partial charge >= 0.3 is 11.9 Å². The van der Waals surface area contributed by atoms with Crippen LogP contribution in [0.2, 0.25) is 0 Å². The van der Waals surface area contributed by atoms with Crippen molar-refractivity contribution in [2.75, 3.05) is 20.0 Å². The molecule has 0 amide bonds. The Morgan fingerprint density at radius 1 is 1.44 bits per heavy atom. The van der Waals surface area contributed by atoms with Crippen molar-refractivity contribution >= 4 is 11.9 Å². The average Bonchev–Trinajstić information content (AvgIpc) is 2.33. The summed E-state index contributed by atoms with van der Waals surface area (Å²) in [5, 5.41) is 8.85. The summed E-state index contributed by atoms with van der Waals surface area (Å²) in [7, 11) is 0. The van der Waals surface area contributed by atoms with E-state index in [9.17, 15) is 9.59 Å². The van der Waals surface area contributed by atoms with Crippen LogP contribution < -0.4 is 0 Å². The molecule has 0 saturated carbocycles. The zero-order valence-electron chi connectivity index (χ0n) is 10.6. The van der Waals surface area contributed by atoms with Crippen LogP contribution >= 0.6 is 0 Å². The lowest BCUT2D eigenvalue weighted by Gasteiger charge is -2.11. The quantitative estimate of drug-likeness (QED) is 0.263. The Labute approximate surface area is 107 Å². The second-order valence-electron chi connectivity index (χ2n) is 3.62. The molecule has 0 radical (unpaired) electrons. The Kier molecular flexibility index (Phi) is 9.67. The number of hydrogen-bond donors (Lipinski definition) is 1. The van der Waals surface area contributed by atoms with E-state index >= 15 is 0 Å². The van der Waals surface area contributed by atoms with E-state index in [0.717, 1.165) is 6.42 Å². The number of carboxylic acid groups (broad SMARTS) is 1. The molecule has 104 valence electrons. The molecule has 0 bridgehead atoms. The number of rotatable bonds is 11. The van der Waals surface area contributed by atoms with Crippen molar-refractivity contribution in [1.29, 1.82) is 0 Å². The van der Waals surface area contributed by atoms with Gasteiger partial charge in [0.15, 0.2) is 6.79 Å². The molecule has 0 aliphatic carbocycles. The van der Waals surface area contributed by atoms with Gasteiger partial charge < -0.3 is 19.3 Å². The molecule has 0 heterocycles. The van der Waals surface area contributed by atoms with E-state index in [1.165, 1.54) is 6.26 Å². The third-order valence-electron chi connectivity index (χ3n) is 2.15. The summed E-state index contributed by atoms with van der Waals surface area (Å²) in [5.74, 6) is -2.06. The van der Waals surface area contributed by atoms with Gasteiger partial charge in [-0.2, -0.15) is 0 Å². The monoisotopic (exact) mass is 260 g/mol. The first-order valence-electron chi connectivity index (χ1n) is 5.80. The summed E-state index contributed by atoms with van der Waals surface area (Å²) in [6.45, 7) is 5.31. The zero-order valence-corrected chi connectivity index (χ0v) is 10.6. The van der Waals surface area contributed by atoms with Crippen molar-refractivity contribution in [1.82, 2.24) is 0 Å². The number of carboxylic acids is 1. The van der Waals surface area contributed by atoms with E-state index in [-0.39, 0.29) is 26.4 Å². The van der Waals surface area contributed by atoms with E-state index < -0.39 is 17.9 Å². The van der Waals surface area contributed by atoms with Crippen LogP contribution in [0, 0.1) is 5.92 Å². The minimum atomic E-state index is -0.944. The summed E-state index contributed by atoms with van der Waals surface area (Å²) in [4.78, 5) is 22.0. The van der Waals surface area contributed by atoms with Crippen molar-refractivity contribution in [2.45, 2.75) is 26.2 Å². The molecule has 6 nitrogen and oxygen atoms in total. The molecule has 6 heteroatoms. The highest BCUT2D eigenvalue weighted by Crippen LogP contribution is 2.07. The van der Waals surface area contributed by atoms with Crippen LogP contribution in [0.4, 0.5) is 0 Å². The SMILES string of the molecule is C=COCOCCC(=O)OCC(CCC)C(=O)O. The normalized spacial score (nSPS) is 11.6. The van der Waals surface area contributed by atoms with Gasteiger partial charge in [-0.3, -0.25) is 9.59 Å². The molecular formula is C12H20O6. The van der Waals surface area contributed by atoms with Crippen molar-refractivity contribution in [3.63, 3.8) is 0 Å². The maximum Gasteiger partial charge on any atom is 0.309 e. The molecule has 0 aliphatic rings. The second kappa shape index (κ2) is 10.6. The van der Waals surface area contributed by atoms with Gasteiger partial charge in [0.25, 0.3) is 0 Å². The van der Waals surface area contributed by atoms with E-state index in [4.69, 9.17) is 14.6 Å². The summed E-state index contributed by atoms with van der Waals surface area (Å²) in [6, 6.07) is 0. The lowest BCUT2D eigenvalue weighted by molar-refractivity contribution is -0.152. The van der Waals surface area contributed by atoms with Gasteiger partial charge in [0, 0.05) is 0 Å². The standard InChI is InChI=1S/C12H20O6/c1-3-5-10(12(14)15)8-18-11(13)6-7-17-9-16-4-2/h4,10H,2-3,5-9H2,1H3,(H,14,15).